The van der Waals surface area contributed by atoms with Gasteiger partial charge in [-0.15, -0.1) is 22.7 Å². The molecule has 0 N–H and O–H groups in total. The van der Waals surface area contributed by atoms with E-state index < -0.39 is 0 Å². The molecule has 0 saturated heterocycles. The molecule has 0 bridgehead atoms. The van der Waals surface area contributed by atoms with Crippen LogP contribution in [0.3, 0.4) is 0 Å². The van der Waals surface area contributed by atoms with Gasteiger partial charge in [0.05, 0.1) is 28.5 Å². The van der Waals surface area contributed by atoms with E-state index in [1.54, 1.807) is 16.0 Å². The van der Waals surface area contributed by atoms with Crippen molar-refractivity contribution >= 4 is 40.0 Å². The molecule has 3 heterocycles. The minimum atomic E-state index is -0.137. The normalized spacial score (nSPS) is 11.9. The van der Waals surface area contributed by atoms with Crippen molar-refractivity contribution in [3.05, 3.63) is 109 Å². The van der Waals surface area contributed by atoms with E-state index in [1.807, 2.05) is 73.3 Å². The average molecular weight is 493 g/mol. The van der Waals surface area contributed by atoms with E-state index in [0.717, 1.165) is 32.3 Å². The summed E-state index contributed by atoms with van der Waals surface area (Å²) in [6, 6.07) is 21.6. The Labute approximate surface area is 204 Å². The third-order valence-corrected chi connectivity index (χ3v) is 7.52. The van der Waals surface area contributed by atoms with Crippen molar-refractivity contribution in [3.8, 4) is 16.3 Å². The Kier molecular flexibility index (Phi) is 5.93. The molecule has 5 nitrogen and oxygen atoms in total. The van der Waals surface area contributed by atoms with Crippen LogP contribution in [0, 0.1) is 6.92 Å². The number of benzene rings is 2. The molecule has 0 aliphatic carbocycles. The van der Waals surface area contributed by atoms with E-state index in [2.05, 4.69) is 27.5 Å². The Morgan fingerprint density at radius 3 is 2.55 bits per heavy atom. The van der Waals surface area contributed by atoms with Gasteiger partial charge in [0.2, 0.25) is 0 Å². The molecule has 0 amide bonds. The van der Waals surface area contributed by atoms with Crippen molar-refractivity contribution in [2.24, 2.45) is 12.0 Å². The van der Waals surface area contributed by atoms with Crippen LogP contribution < -0.4 is 10.4 Å². The molecule has 0 unspecified atom stereocenters. The number of hydrogen-bond acceptors (Lipinski definition) is 4. The Bertz CT molecular complexity index is 1540. The summed E-state index contributed by atoms with van der Waals surface area (Å²) < 4.78 is 5.66. The first kappa shape index (κ1) is 21.7. The summed E-state index contributed by atoms with van der Waals surface area (Å²) in [6.07, 6.45) is 0. The lowest BCUT2D eigenvalue weighted by atomic mass is 10.2. The van der Waals surface area contributed by atoms with Gasteiger partial charge in [-0.3, -0.25) is 9.48 Å². The molecule has 0 aliphatic heterocycles. The molecule has 2 aromatic carbocycles. The highest BCUT2D eigenvalue weighted by atomic mass is 35.5. The fourth-order valence-corrected chi connectivity index (χ4v) is 5.73. The summed E-state index contributed by atoms with van der Waals surface area (Å²) in [7, 11) is 1.88. The highest BCUT2D eigenvalue weighted by Gasteiger charge is 2.17. The van der Waals surface area contributed by atoms with Crippen molar-refractivity contribution in [2.45, 2.75) is 13.5 Å². The summed E-state index contributed by atoms with van der Waals surface area (Å²) in [5, 5.41) is 4.86. The Hall–Kier alpha value is -3.13. The van der Waals surface area contributed by atoms with Crippen LogP contribution in [0.4, 0.5) is 5.69 Å². The maximum absolute atomic E-state index is 13.4. The van der Waals surface area contributed by atoms with E-state index in [9.17, 15) is 4.79 Å². The first-order valence-electron chi connectivity index (χ1n) is 10.4. The van der Waals surface area contributed by atoms with E-state index in [-0.39, 0.29) is 5.56 Å². The van der Waals surface area contributed by atoms with Crippen molar-refractivity contribution in [3.63, 3.8) is 0 Å². The fraction of sp³-hybridized carbons (Fsp3) is 0.120. The van der Waals surface area contributed by atoms with Crippen molar-refractivity contribution in [2.75, 3.05) is 0 Å². The van der Waals surface area contributed by atoms with Gasteiger partial charge in [-0.05, 0) is 48.2 Å². The number of thiazole rings is 1. The lowest BCUT2D eigenvalue weighted by molar-refractivity contribution is 0.630. The molecule has 33 heavy (non-hydrogen) atoms. The average Bonchev–Trinajstić information content (AvgIpc) is 3.52. The second kappa shape index (κ2) is 9.02. The van der Waals surface area contributed by atoms with Crippen LogP contribution in [0.25, 0.3) is 16.3 Å². The monoisotopic (exact) mass is 492 g/mol. The minimum Gasteiger partial charge on any atom is -0.311 e. The molecular formula is C25H21ClN4OS2. The van der Waals surface area contributed by atoms with Gasteiger partial charge >= 0.3 is 0 Å². The van der Waals surface area contributed by atoms with Gasteiger partial charge in [0.15, 0.2) is 10.5 Å². The third-order valence-electron chi connectivity index (χ3n) is 5.53. The fourth-order valence-electron chi connectivity index (χ4n) is 3.79. The Balaban J connectivity index is 1.69. The highest BCUT2D eigenvalue weighted by molar-refractivity contribution is 7.14. The standard InChI is InChI=1S/C25H21ClN4OS2/c1-17-23(24(31)30(28(17)2)20-10-4-3-5-11-20)27-25-29(15-18-8-6-9-19(26)14-18)21(16-33-25)22-12-7-13-32-22/h3-14,16H,15H2,1-2H3. The molecule has 0 spiro atoms. The smallest absolute Gasteiger partial charge is 0.297 e. The van der Waals surface area contributed by atoms with Gasteiger partial charge < -0.3 is 4.57 Å². The zero-order valence-electron chi connectivity index (χ0n) is 18.1. The second-order valence-corrected chi connectivity index (χ2v) is 9.84. The molecule has 0 aliphatic rings. The number of nitrogens with zero attached hydrogens (tertiary/aromatic N) is 4. The quantitative estimate of drug-likeness (QED) is 0.296. The zero-order chi connectivity index (χ0) is 22.9. The Morgan fingerprint density at radius 1 is 1.00 bits per heavy atom. The summed E-state index contributed by atoms with van der Waals surface area (Å²) in [6.45, 7) is 2.53. The van der Waals surface area contributed by atoms with Gasteiger partial charge in [0.1, 0.15) is 0 Å². The van der Waals surface area contributed by atoms with Gasteiger partial charge in [0.25, 0.3) is 5.56 Å². The first-order valence-corrected chi connectivity index (χ1v) is 12.5. The van der Waals surface area contributed by atoms with E-state index in [1.165, 1.54) is 11.3 Å². The van der Waals surface area contributed by atoms with Crippen molar-refractivity contribution in [1.29, 1.82) is 0 Å². The molecule has 3 aromatic heterocycles. The highest BCUT2D eigenvalue weighted by Crippen LogP contribution is 2.27. The molecule has 0 radical (unpaired) electrons. The molecule has 0 saturated carbocycles. The molecule has 8 heteroatoms. The van der Waals surface area contributed by atoms with Gasteiger partial charge in [-0.1, -0.05) is 48.0 Å². The van der Waals surface area contributed by atoms with E-state index in [0.29, 0.717) is 17.3 Å². The largest absolute Gasteiger partial charge is 0.311 e. The predicted octanol–water partition coefficient (Wildman–Crippen LogP) is 6.01. The summed E-state index contributed by atoms with van der Waals surface area (Å²) >= 11 is 9.45. The van der Waals surface area contributed by atoms with E-state index in [4.69, 9.17) is 16.6 Å². The zero-order valence-corrected chi connectivity index (χ0v) is 20.5. The lowest BCUT2D eigenvalue weighted by Crippen LogP contribution is -2.20. The second-order valence-electron chi connectivity index (χ2n) is 7.62. The Morgan fingerprint density at radius 2 is 1.82 bits per heavy atom. The summed E-state index contributed by atoms with van der Waals surface area (Å²) in [5.74, 6) is 0. The topological polar surface area (TPSA) is 44.2 Å². The molecule has 5 rings (SSSR count). The van der Waals surface area contributed by atoms with Crippen molar-refractivity contribution in [1.82, 2.24) is 13.9 Å². The maximum Gasteiger partial charge on any atom is 0.297 e. The molecule has 166 valence electrons. The predicted molar refractivity (Wildman–Crippen MR) is 137 cm³/mol. The molecule has 0 atom stereocenters. The number of para-hydroxylation sites is 1. The van der Waals surface area contributed by atoms with Crippen LogP contribution in [-0.2, 0) is 13.6 Å². The molecular weight excluding hydrogens is 472 g/mol. The SMILES string of the molecule is Cc1c(N=c2scc(-c3cccs3)n2Cc2cccc(Cl)c2)c(=O)n(-c2ccccc2)n1C. The minimum absolute atomic E-state index is 0.137. The van der Waals surface area contributed by atoms with Crippen LogP contribution in [0.1, 0.15) is 11.3 Å². The van der Waals surface area contributed by atoms with Crippen LogP contribution in [0.5, 0.6) is 0 Å². The number of thiophene rings is 1. The van der Waals surface area contributed by atoms with Gasteiger partial charge in [0, 0.05) is 17.5 Å². The number of rotatable bonds is 5. The van der Waals surface area contributed by atoms with Crippen molar-refractivity contribution < 1.29 is 0 Å². The van der Waals surface area contributed by atoms with Gasteiger partial charge in [-0.25, -0.2) is 9.67 Å². The number of aromatic nitrogens is 3. The molecule has 0 fully saturated rings. The van der Waals surface area contributed by atoms with Crippen LogP contribution in [-0.4, -0.2) is 13.9 Å². The molecule has 5 aromatic rings. The van der Waals surface area contributed by atoms with Crippen LogP contribution in [0.2, 0.25) is 5.02 Å². The number of halogens is 1. The van der Waals surface area contributed by atoms with E-state index >= 15 is 0 Å². The number of hydrogen-bond donors (Lipinski definition) is 0. The lowest BCUT2D eigenvalue weighted by Gasteiger charge is -2.08. The summed E-state index contributed by atoms with van der Waals surface area (Å²) in [5.41, 5.74) is 4.08. The maximum atomic E-state index is 13.4. The summed E-state index contributed by atoms with van der Waals surface area (Å²) in [4.78, 5) is 20.2. The van der Waals surface area contributed by atoms with Crippen LogP contribution in [0.15, 0.2) is 87.3 Å². The van der Waals surface area contributed by atoms with Crippen LogP contribution >= 0.6 is 34.3 Å². The van der Waals surface area contributed by atoms with Gasteiger partial charge in [-0.2, -0.15) is 0 Å². The third kappa shape index (κ3) is 4.15. The first-order chi connectivity index (χ1) is 16.0.